The highest BCUT2D eigenvalue weighted by molar-refractivity contribution is 6.08. The Labute approximate surface area is 161 Å². The van der Waals surface area contributed by atoms with Crippen LogP contribution in [-0.4, -0.2) is 19.0 Å². The first-order valence-electron chi connectivity index (χ1n) is 9.15. The van der Waals surface area contributed by atoms with Crippen molar-refractivity contribution in [3.05, 3.63) is 108 Å². The van der Waals surface area contributed by atoms with Crippen molar-refractivity contribution < 1.29 is 0 Å². The van der Waals surface area contributed by atoms with Crippen LogP contribution in [0.2, 0.25) is 0 Å². The van der Waals surface area contributed by atoms with E-state index in [0.29, 0.717) is 0 Å². The molecule has 2 N–H and O–H groups in total. The molecule has 1 heterocycles. The van der Waals surface area contributed by atoms with E-state index in [2.05, 4.69) is 54.4 Å². The average molecular weight is 355 g/mol. The Morgan fingerprint density at radius 1 is 1.26 bits per heavy atom. The maximum atomic E-state index is 7.52. The van der Waals surface area contributed by atoms with Gasteiger partial charge >= 0.3 is 0 Å². The van der Waals surface area contributed by atoms with E-state index in [1.165, 1.54) is 22.9 Å². The summed E-state index contributed by atoms with van der Waals surface area (Å²) < 4.78 is 0. The molecule has 0 saturated carbocycles. The van der Waals surface area contributed by atoms with Gasteiger partial charge in [0.1, 0.15) is 0 Å². The fraction of sp³-hybridized carbons (Fsp3) is 0.167. The third-order valence-electron chi connectivity index (χ3n) is 4.77. The van der Waals surface area contributed by atoms with Gasteiger partial charge in [0.2, 0.25) is 0 Å². The molecule has 0 spiro atoms. The number of hydrogen-bond acceptors (Lipinski definition) is 3. The first-order chi connectivity index (χ1) is 13.3. The Bertz CT molecular complexity index is 893. The molecule has 0 amide bonds. The summed E-state index contributed by atoms with van der Waals surface area (Å²) in [7, 11) is 1.89. The van der Waals surface area contributed by atoms with Crippen molar-refractivity contribution in [3.63, 3.8) is 0 Å². The Morgan fingerprint density at radius 2 is 2.07 bits per heavy atom. The summed E-state index contributed by atoms with van der Waals surface area (Å²) >= 11 is 0. The maximum Gasteiger partial charge on any atom is 0.0552 e. The topological polar surface area (TPSA) is 48.2 Å². The zero-order valence-corrected chi connectivity index (χ0v) is 15.7. The molecule has 0 fully saturated rings. The van der Waals surface area contributed by atoms with Crippen molar-refractivity contribution in [1.82, 2.24) is 5.32 Å². The quantitative estimate of drug-likeness (QED) is 0.504. The fourth-order valence-corrected chi connectivity index (χ4v) is 3.51. The summed E-state index contributed by atoms with van der Waals surface area (Å²) in [5.74, 6) is 0.167. The lowest BCUT2D eigenvalue weighted by atomic mass is 9.82. The van der Waals surface area contributed by atoms with Crippen LogP contribution in [0.25, 0.3) is 0 Å². The molecular weight excluding hydrogens is 330 g/mol. The highest BCUT2D eigenvalue weighted by atomic mass is 14.8. The fourth-order valence-electron chi connectivity index (χ4n) is 3.51. The van der Waals surface area contributed by atoms with Crippen molar-refractivity contribution >= 4 is 11.9 Å². The maximum absolute atomic E-state index is 7.52. The molecule has 1 unspecified atom stereocenters. The van der Waals surface area contributed by atoms with Crippen LogP contribution in [0.1, 0.15) is 12.0 Å². The monoisotopic (exact) mass is 355 g/mol. The van der Waals surface area contributed by atoms with E-state index in [1.54, 1.807) is 0 Å². The second kappa shape index (κ2) is 8.95. The lowest BCUT2D eigenvalue weighted by Crippen LogP contribution is -2.18. The second-order valence-electron chi connectivity index (χ2n) is 6.58. The van der Waals surface area contributed by atoms with E-state index in [4.69, 9.17) is 10.4 Å². The molecule has 3 rings (SSSR count). The minimum atomic E-state index is 0.167. The van der Waals surface area contributed by atoms with Gasteiger partial charge in [-0.25, -0.2) is 0 Å². The number of benzene rings is 1. The molecule has 1 aromatic rings. The van der Waals surface area contributed by atoms with Gasteiger partial charge in [-0.1, -0.05) is 66.8 Å². The van der Waals surface area contributed by atoms with Crippen molar-refractivity contribution in [3.8, 4) is 0 Å². The molecule has 136 valence electrons. The van der Waals surface area contributed by atoms with Crippen LogP contribution in [0.15, 0.2) is 107 Å². The molecular formula is C24H25N3. The summed E-state index contributed by atoms with van der Waals surface area (Å²) in [6.07, 6.45) is 17.1. The summed E-state index contributed by atoms with van der Waals surface area (Å²) in [4.78, 5) is 4.73. The predicted molar refractivity (Wildman–Crippen MR) is 115 cm³/mol. The van der Waals surface area contributed by atoms with Gasteiger partial charge in [-0.15, -0.1) is 0 Å². The van der Waals surface area contributed by atoms with Crippen LogP contribution in [0, 0.1) is 11.3 Å². The van der Waals surface area contributed by atoms with Gasteiger partial charge in [-0.05, 0) is 41.2 Å². The first kappa shape index (κ1) is 18.6. The highest BCUT2D eigenvalue weighted by Crippen LogP contribution is 2.35. The minimum Gasteiger partial charge on any atom is -0.393 e. The van der Waals surface area contributed by atoms with Gasteiger partial charge in [-0.3, -0.25) is 4.99 Å². The first-order valence-corrected chi connectivity index (χ1v) is 9.15. The van der Waals surface area contributed by atoms with Crippen LogP contribution >= 0.6 is 0 Å². The van der Waals surface area contributed by atoms with E-state index in [-0.39, 0.29) is 5.92 Å². The van der Waals surface area contributed by atoms with Crippen LogP contribution in [0.5, 0.6) is 0 Å². The number of nitrogens with zero attached hydrogens (tertiary/aromatic N) is 1. The van der Waals surface area contributed by atoms with Gasteiger partial charge in [0.05, 0.1) is 5.71 Å². The van der Waals surface area contributed by atoms with Gasteiger partial charge in [0, 0.05) is 31.6 Å². The SMILES string of the molecule is C=C/C(=C\NC)C1=CN=C2C(C/C(=C/C=N)Cc3ccccc3)=CC=CC12. The van der Waals surface area contributed by atoms with Crippen molar-refractivity contribution in [2.24, 2.45) is 10.9 Å². The molecule has 0 radical (unpaired) electrons. The number of fused-ring (bicyclic) bond motifs is 1. The van der Waals surface area contributed by atoms with Crippen LogP contribution in [0.3, 0.4) is 0 Å². The van der Waals surface area contributed by atoms with Gasteiger partial charge in [-0.2, -0.15) is 0 Å². The lowest BCUT2D eigenvalue weighted by molar-refractivity contribution is 0.996. The molecule has 1 atom stereocenters. The van der Waals surface area contributed by atoms with Crippen molar-refractivity contribution in [1.29, 1.82) is 5.41 Å². The standard InChI is InChI=1S/C24H25N3/c1-3-20(16-26-2)23-17-27-24-21(10-7-11-22(23)24)15-19(12-13-25)14-18-8-5-4-6-9-18/h3-13,16-17,22,25-26H,1,14-15H2,2H3/b19-12+,20-16+,25-13?. The molecule has 0 aromatic heterocycles. The number of nitrogens with one attached hydrogen (secondary N) is 2. The van der Waals surface area contributed by atoms with Gasteiger partial charge in [0.25, 0.3) is 0 Å². The summed E-state index contributed by atoms with van der Waals surface area (Å²) in [6.45, 7) is 3.93. The van der Waals surface area contributed by atoms with E-state index in [9.17, 15) is 0 Å². The Hall–Kier alpha value is -3.20. The molecule has 2 aliphatic rings. The molecule has 3 nitrogen and oxygen atoms in total. The molecule has 0 bridgehead atoms. The molecule has 0 saturated heterocycles. The second-order valence-corrected chi connectivity index (χ2v) is 6.58. The number of aliphatic imine (C=N–C) groups is 1. The summed E-state index contributed by atoms with van der Waals surface area (Å²) in [5.41, 5.74) is 7.00. The highest BCUT2D eigenvalue weighted by Gasteiger charge is 2.28. The molecule has 1 aliphatic carbocycles. The smallest absolute Gasteiger partial charge is 0.0552 e. The number of hydrogen-bond donors (Lipinski definition) is 2. The summed E-state index contributed by atoms with van der Waals surface area (Å²) in [5, 5.41) is 10.6. The molecule has 3 heteroatoms. The number of rotatable bonds is 8. The number of allylic oxidation sites excluding steroid dienone is 9. The molecule has 1 aliphatic heterocycles. The Kier molecular flexibility index (Phi) is 6.16. The Balaban J connectivity index is 1.78. The van der Waals surface area contributed by atoms with E-state index in [0.717, 1.165) is 29.7 Å². The van der Waals surface area contributed by atoms with E-state index >= 15 is 0 Å². The van der Waals surface area contributed by atoms with Crippen molar-refractivity contribution in [2.45, 2.75) is 12.8 Å². The van der Waals surface area contributed by atoms with Crippen LogP contribution in [0.4, 0.5) is 0 Å². The van der Waals surface area contributed by atoms with E-state index < -0.39 is 0 Å². The third kappa shape index (κ3) is 4.32. The van der Waals surface area contributed by atoms with Gasteiger partial charge in [0.15, 0.2) is 0 Å². The molecule has 1 aromatic carbocycles. The minimum absolute atomic E-state index is 0.167. The van der Waals surface area contributed by atoms with Crippen molar-refractivity contribution in [2.75, 3.05) is 7.05 Å². The molecule has 27 heavy (non-hydrogen) atoms. The largest absolute Gasteiger partial charge is 0.393 e. The van der Waals surface area contributed by atoms with Crippen LogP contribution < -0.4 is 5.32 Å². The summed E-state index contributed by atoms with van der Waals surface area (Å²) in [6, 6.07) is 10.4. The zero-order valence-electron chi connectivity index (χ0n) is 15.7. The predicted octanol–water partition coefficient (Wildman–Crippen LogP) is 4.94. The lowest BCUT2D eigenvalue weighted by Gasteiger charge is -2.21. The Morgan fingerprint density at radius 3 is 2.78 bits per heavy atom. The van der Waals surface area contributed by atoms with Crippen LogP contribution in [-0.2, 0) is 6.42 Å². The zero-order chi connectivity index (χ0) is 19.1. The van der Waals surface area contributed by atoms with Gasteiger partial charge < -0.3 is 10.7 Å². The normalized spacial score (nSPS) is 19.0. The average Bonchev–Trinajstić information content (AvgIpc) is 3.12. The van der Waals surface area contributed by atoms with E-state index in [1.807, 2.05) is 37.7 Å². The third-order valence-corrected chi connectivity index (χ3v) is 4.77.